The van der Waals surface area contributed by atoms with Crippen LogP contribution in [0.4, 0.5) is 0 Å². The number of aromatic nitrogens is 3. The van der Waals surface area contributed by atoms with Crippen LogP contribution in [0.25, 0.3) is 28.2 Å². The molecule has 0 saturated heterocycles. The van der Waals surface area contributed by atoms with E-state index in [1.807, 2.05) is 36.4 Å². The summed E-state index contributed by atoms with van der Waals surface area (Å²) >= 11 is 0. The molecule has 0 aliphatic heterocycles. The topological polar surface area (TPSA) is 67.5 Å². The third-order valence-corrected chi connectivity index (χ3v) is 4.07. The van der Waals surface area contributed by atoms with Gasteiger partial charge in [0.1, 0.15) is 5.75 Å². The van der Waals surface area contributed by atoms with Gasteiger partial charge in [-0.05, 0) is 37.3 Å². The van der Waals surface area contributed by atoms with Crippen LogP contribution in [0.1, 0.15) is 17.3 Å². The quantitative estimate of drug-likeness (QED) is 0.578. The van der Waals surface area contributed by atoms with E-state index < -0.39 is 0 Å². The molecule has 1 N–H and O–H groups in total. The molecule has 122 valence electrons. The van der Waals surface area contributed by atoms with E-state index in [1.54, 1.807) is 41.9 Å². The maximum atomic E-state index is 11.6. The highest BCUT2D eigenvalue weighted by Crippen LogP contribution is 2.25. The SMILES string of the molecule is CC(=O)c1cccc(-c2ccc3ncc(-c4cccc(O)c4)n3n2)c1. The fourth-order valence-corrected chi connectivity index (χ4v) is 2.79. The molecule has 0 aliphatic carbocycles. The van der Waals surface area contributed by atoms with Crippen molar-refractivity contribution in [3.8, 4) is 28.3 Å². The van der Waals surface area contributed by atoms with Crippen molar-refractivity contribution in [1.82, 2.24) is 14.6 Å². The molecule has 2 aromatic carbocycles. The van der Waals surface area contributed by atoms with Crippen LogP contribution in [0.3, 0.4) is 0 Å². The number of rotatable bonds is 3. The number of fused-ring (bicyclic) bond motifs is 1. The molecule has 0 saturated carbocycles. The van der Waals surface area contributed by atoms with Crippen LogP contribution >= 0.6 is 0 Å². The summed E-state index contributed by atoms with van der Waals surface area (Å²) in [7, 11) is 0. The Hall–Kier alpha value is -3.47. The van der Waals surface area contributed by atoms with Gasteiger partial charge < -0.3 is 5.11 Å². The van der Waals surface area contributed by atoms with Gasteiger partial charge in [-0.2, -0.15) is 5.10 Å². The van der Waals surface area contributed by atoms with Crippen molar-refractivity contribution in [2.75, 3.05) is 0 Å². The molecule has 0 spiro atoms. The van der Waals surface area contributed by atoms with Crippen LogP contribution in [0.5, 0.6) is 5.75 Å². The molecular weight excluding hydrogens is 314 g/mol. The number of ketones is 1. The van der Waals surface area contributed by atoms with Gasteiger partial charge in [0.2, 0.25) is 0 Å². The van der Waals surface area contributed by atoms with Gasteiger partial charge >= 0.3 is 0 Å². The monoisotopic (exact) mass is 329 g/mol. The molecule has 2 heterocycles. The lowest BCUT2D eigenvalue weighted by molar-refractivity contribution is 0.101. The first kappa shape index (κ1) is 15.1. The van der Waals surface area contributed by atoms with Crippen LogP contribution < -0.4 is 0 Å². The number of aromatic hydroxyl groups is 1. The van der Waals surface area contributed by atoms with Crippen LogP contribution in [0.15, 0.2) is 66.9 Å². The highest BCUT2D eigenvalue weighted by Gasteiger charge is 2.10. The van der Waals surface area contributed by atoms with Crippen molar-refractivity contribution in [3.05, 3.63) is 72.4 Å². The third-order valence-electron chi connectivity index (χ3n) is 4.07. The van der Waals surface area contributed by atoms with Crippen LogP contribution in [0.2, 0.25) is 0 Å². The van der Waals surface area contributed by atoms with Crippen LogP contribution in [0, 0.1) is 0 Å². The molecule has 0 unspecified atom stereocenters. The maximum Gasteiger partial charge on any atom is 0.159 e. The molecule has 5 heteroatoms. The lowest BCUT2D eigenvalue weighted by Gasteiger charge is -2.06. The number of carbonyl (C=O) groups excluding carboxylic acids is 1. The highest BCUT2D eigenvalue weighted by molar-refractivity contribution is 5.95. The predicted molar refractivity (Wildman–Crippen MR) is 95.5 cm³/mol. The minimum absolute atomic E-state index is 0.0195. The molecule has 4 rings (SSSR count). The zero-order valence-corrected chi connectivity index (χ0v) is 13.5. The molecule has 0 amide bonds. The average Bonchev–Trinajstić information content (AvgIpc) is 3.05. The molecule has 0 aliphatic rings. The Labute approximate surface area is 144 Å². The molecule has 4 aromatic rings. The number of phenols is 1. The number of Topliss-reactive ketones (excluding diaryl/α,β-unsaturated/α-hetero) is 1. The number of nitrogens with zero attached hydrogens (tertiary/aromatic N) is 3. The van der Waals surface area contributed by atoms with Crippen molar-refractivity contribution in [2.45, 2.75) is 6.92 Å². The van der Waals surface area contributed by atoms with E-state index >= 15 is 0 Å². The molecular formula is C20H15N3O2. The molecule has 0 radical (unpaired) electrons. The van der Waals surface area contributed by atoms with E-state index in [2.05, 4.69) is 10.1 Å². The van der Waals surface area contributed by atoms with Gasteiger partial charge in [-0.3, -0.25) is 4.79 Å². The summed E-state index contributed by atoms with van der Waals surface area (Å²) in [4.78, 5) is 16.0. The number of carbonyl (C=O) groups is 1. The normalized spacial score (nSPS) is 10.9. The van der Waals surface area contributed by atoms with Crippen LogP contribution in [-0.2, 0) is 0 Å². The van der Waals surface area contributed by atoms with E-state index in [9.17, 15) is 9.90 Å². The molecule has 25 heavy (non-hydrogen) atoms. The summed E-state index contributed by atoms with van der Waals surface area (Å²) in [5.74, 6) is 0.212. The number of hydrogen-bond acceptors (Lipinski definition) is 4. The highest BCUT2D eigenvalue weighted by atomic mass is 16.3. The van der Waals surface area contributed by atoms with Gasteiger partial charge in [-0.1, -0.05) is 30.3 Å². The van der Waals surface area contributed by atoms with E-state index in [4.69, 9.17) is 0 Å². The molecule has 0 fully saturated rings. The number of benzene rings is 2. The van der Waals surface area contributed by atoms with Gasteiger partial charge in [-0.25, -0.2) is 9.50 Å². The summed E-state index contributed by atoms with van der Waals surface area (Å²) < 4.78 is 1.74. The van der Waals surface area contributed by atoms with Gasteiger partial charge in [0.15, 0.2) is 11.4 Å². The zero-order chi connectivity index (χ0) is 17.4. The summed E-state index contributed by atoms with van der Waals surface area (Å²) in [6.45, 7) is 1.55. The molecule has 0 bridgehead atoms. The second kappa shape index (κ2) is 5.87. The van der Waals surface area contributed by atoms with Crippen molar-refractivity contribution >= 4 is 11.4 Å². The summed E-state index contributed by atoms with van der Waals surface area (Å²) in [6, 6.07) is 18.1. The molecule has 0 atom stereocenters. The Balaban J connectivity index is 1.86. The predicted octanol–water partition coefficient (Wildman–Crippen LogP) is 3.97. The van der Waals surface area contributed by atoms with E-state index in [-0.39, 0.29) is 11.5 Å². The fourth-order valence-electron chi connectivity index (χ4n) is 2.79. The van der Waals surface area contributed by atoms with E-state index in [0.717, 1.165) is 22.5 Å². The zero-order valence-electron chi connectivity index (χ0n) is 13.5. The van der Waals surface area contributed by atoms with Gasteiger partial charge in [0.25, 0.3) is 0 Å². The minimum atomic E-state index is 0.0195. The van der Waals surface area contributed by atoms with E-state index in [0.29, 0.717) is 11.2 Å². The second-order valence-electron chi connectivity index (χ2n) is 5.82. The number of phenolic OH excluding ortho intramolecular Hbond substituents is 1. The Morgan fingerprint density at radius 3 is 2.60 bits per heavy atom. The average molecular weight is 329 g/mol. The first-order chi connectivity index (χ1) is 12.1. The first-order valence-electron chi connectivity index (χ1n) is 7.87. The maximum absolute atomic E-state index is 11.6. The lowest BCUT2D eigenvalue weighted by atomic mass is 10.1. The molecule has 2 aromatic heterocycles. The van der Waals surface area contributed by atoms with Gasteiger partial charge in [0.05, 0.1) is 17.6 Å². The van der Waals surface area contributed by atoms with Crippen LogP contribution in [-0.4, -0.2) is 25.5 Å². The Morgan fingerprint density at radius 2 is 1.80 bits per heavy atom. The lowest BCUT2D eigenvalue weighted by Crippen LogP contribution is -1.98. The Morgan fingerprint density at radius 1 is 1.00 bits per heavy atom. The third kappa shape index (κ3) is 2.76. The van der Waals surface area contributed by atoms with Gasteiger partial charge in [0, 0.05) is 16.7 Å². The molecule has 5 nitrogen and oxygen atoms in total. The van der Waals surface area contributed by atoms with Gasteiger partial charge in [-0.15, -0.1) is 0 Å². The second-order valence-corrected chi connectivity index (χ2v) is 5.82. The van der Waals surface area contributed by atoms with Crippen molar-refractivity contribution in [3.63, 3.8) is 0 Å². The van der Waals surface area contributed by atoms with Crippen molar-refractivity contribution < 1.29 is 9.90 Å². The Kier molecular flexibility index (Phi) is 3.54. The minimum Gasteiger partial charge on any atom is -0.508 e. The summed E-state index contributed by atoms with van der Waals surface area (Å²) in [6.07, 6.45) is 1.73. The fraction of sp³-hybridized carbons (Fsp3) is 0.0500. The summed E-state index contributed by atoms with van der Waals surface area (Å²) in [5, 5.41) is 14.4. The number of hydrogen-bond donors (Lipinski definition) is 1. The smallest absolute Gasteiger partial charge is 0.159 e. The largest absolute Gasteiger partial charge is 0.508 e. The summed E-state index contributed by atoms with van der Waals surface area (Å²) in [5.41, 5.74) is 4.59. The number of imidazole rings is 1. The first-order valence-corrected chi connectivity index (χ1v) is 7.87. The standard InChI is InChI=1S/C20H15N3O2/c1-13(24)14-4-2-5-15(10-14)18-8-9-20-21-12-19(23(20)22-18)16-6-3-7-17(25)11-16/h2-12,25H,1H3. The van der Waals surface area contributed by atoms with Crippen molar-refractivity contribution in [1.29, 1.82) is 0 Å². The van der Waals surface area contributed by atoms with E-state index in [1.165, 1.54) is 0 Å². The Bertz CT molecular complexity index is 1100. The van der Waals surface area contributed by atoms with Crippen molar-refractivity contribution in [2.24, 2.45) is 0 Å².